The maximum absolute atomic E-state index is 13.2. The Morgan fingerprint density at radius 1 is 0.488 bits per heavy atom. The second-order valence-corrected chi connectivity index (χ2v) is 13.9. The molecule has 2 atom stereocenters. The summed E-state index contributed by atoms with van der Waals surface area (Å²) in [5, 5.41) is 0. The summed E-state index contributed by atoms with van der Waals surface area (Å²) in [5.74, 6) is 0.00846. The first kappa shape index (κ1) is 40.3. The number of ketones is 2. The van der Waals surface area contributed by atoms with Crippen molar-refractivity contribution in [2.75, 3.05) is 0 Å². The van der Waals surface area contributed by atoms with Gasteiger partial charge in [0.05, 0.1) is 5.54 Å². The van der Waals surface area contributed by atoms with Gasteiger partial charge in [-0.15, -0.1) is 0 Å². The van der Waals surface area contributed by atoms with Crippen molar-refractivity contribution in [1.82, 2.24) is 0 Å². The van der Waals surface area contributed by atoms with Crippen LogP contribution >= 0.6 is 0 Å². The summed E-state index contributed by atoms with van der Waals surface area (Å²) in [7, 11) is 0. The average Bonchev–Trinajstić information content (AvgIpc) is 2.93. The minimum atomic E-state index is -1.04. The molecular weight excluding hydrogens is 502 g/mol. The molecule has 0 amide bonds. The molecule has 0 bridgehead atoms. The first-order valence-electron chi connectivity index (χ1n) is 18.6. The topological polar surface area (TPSA) is 60.2 Å². The predicted molar refractivity (Wildman–Crippen MR) is 182 cm³/mol. The average molecular weight is 578 g/mol. The standard InChI is InChI=1S/C38H75NO2/c1-6-8-10-12-14-16-18-20-22-24-26-28-30-32-35(40)37(34(3)4)38(5,39)36(41)33-31-29-27-25-23-21-19-17-15-13-11-9-7-2/h34,37H,6-33,39H2,1-5H3. The molecule has 0 aliphatic heterocycles. The van der Waals surface area contributed by atoms with Crippen LogP contribution in [0.4, 0.5) is 0 Å². The van der Waals surface area contributed by atoms with Crippen molar-refractivity contribution in [1.29, 1.82) is 0 Å². The number of carbonyl (C=O) groups excluding carboxylic acids is 2. The molecule has 3 nitrogen and oxygen atoms in total. The van der Waals surface area contributed by atoms with E-state index in [1.54, 1.807) is 0 Å². The quantitative estimate of drug-likeness (QED) is 0.0809. The van der Waals surface area contributed by atoms with Gasteiger partial charge in [-0.25, -0.2) is 0 Å². The summed E-state index contributed by atoms with van der Waals surface area (Å²) in [6.07, 6.45) is 34.9. The lowest BCUT2D eigenvalue weighted by molar-refractivity contribution is -0.135. The van der Waals surface area contributed by atoms with Gasteiger partial charge in [0.2, 0.25) is 0 Å². The zero-order chi connectivity index (χ0) is 30.6. The van der Waals surface area contributed by atoms with Crippen LogP contribution in [0, 0.1) is 11.8 Å². The number of carbonyl (C=O) groups is 2. The molecule has 3 heteroatoms. The van der Waals surface area contributed by atoms with E-state index < -0.39 is 5.54 Å². The molecule has 0 aromatic rings. The Morgan fingerprint density at radius 3 is 1.05 bits per heavy atom. The number of rotatable bonds is 32. The molecule has 2 N–H and O–H groups in total. The summed E-state index contributed by atoms with van der Waals surface area (Å²) in [6.45, 7) is 10.5. The van der Waals surface area contributed by atoms with Crippen molar-refractivity contribution in [2.45, 2.75) is 220 Å². The van der Waals surface area contributed by atoms with Crippen LogP contribution in [0.5, 0.6) is 0 Å². The van der Waals surface area contributed by atoms with Gasteiger partial charge >= 0.3 is 0 Å². The van der Waals surface area contributed by atoms with Gasteiger partial charge in [-0.2, -0.15) is 0 Å². The SMILES string of the molecule is CCCCCCCCCCCCCCCC(=O)C(C(C)C)C(C)(N)C(=O)CCCCCCCCCCCCCCC. The molecule has 0 rings (SSSR count). The van der Waals surface area contributed by atoms with Crippen molar-refractivity contribution >= 4 is 11.6 Å². The Bertz CT molecular complexity index is 597. The molecule has 0 spiro atoms. The molecule has 0 saturated carbocycles. The fraction of sp³-hybridized carbons (Fsp3) is 0.947. The second-order valence-electron chi connectivity index (χ2n) is 13.9. The van der Waals surface area contributed by atoms with Crippen LogP contribution in [0.2, 0.25) is 0 Å². The zero-order valence-electron chi connectivity index (χ0n) is 28.8. The second kappa shape index (κ2) is 28.1. The first-order chi connectivity index (χ1) is 19.8. The van der Waals surface area contributed by atoms with Gasteiger partial charge in [-0.1, -0.05) is 182 Å². The van der Waals surface area contributed by atoms with Crippen LogP contribution in [0.3, 0.4) is 0 Å². The predicted octanol–water partition coefficient (Wildman–Crippen LogP) is 12.1. The smallest absolute Gasteiger partial charge is 0.153 e. The van der Waals surface area contributed by atoms with Crippen LogP contribution in [0.15, 0.2) is 0 Å². The van der Waals surface area contributed by atoms with Gasteiger partial charge in [-0.3, -0.25) is 9.59 Å². The molecule has 0 saturated heterocycles. The Morgan fingerprint density at radius 2 is 0.756 bits per heavy atom. The third-order valence-electron chi connectivity index (χ3n) is 9.29. The number of Topliss-reactive ketones (excluding diaryl/α,β-unsaturated/α-hetero) is 2. The largest absolute Gasteiger partial charge is 0.319 e. The molecule has 0 aliphatic carbocycles. The van der Waals surface area contributed by atoms with Gasteiger partial charge in [0, 0.05) is 18.8 Å². The summed E-state index contributed by atoms with van der Waals surface area (Å²) in [6, 6.07) is 0. The van der Waals surface area contributed by atoms with Crippen LogP contribution in [-0.2, 0) is 9.59 Å². The number of nitrogens with two attached hydrogens (primary N) is 1. The third kappa shape index (κ3) is 22.5. The Kier molecular flexibility index (Phi) is 27.6. The minimum Gasteiger partial charge on any atom is -0.319 e. The van der Waals surface area contributed by atoms with Crippen molar-refractivity contribution in [2.24, 2.45) is 17.6 Å². The monoisotopic (exact) mass is 578 g/mol. The lowest BCUT2D eigenvalue weighted by Gasteiger charge is -2.35. The van der Waals surface area contributed by atoms with Crippen LogP contribution in [-0.4, -0.2) is 17.1 Å². The van der Waals surface area contributed by atoms with Crippen LogP contribution < -0.4 is 5.73 Å². The van der Waals surface area contributed by atoms with Gasteiger partial charge in [0.15, 0.2) is 5.78 Å². The maximum atomic E-state index is 13.2. The van der Waals surface area contributed by atoms with Gasteiger partial charge in [0.25, 0.3) is 0 Å². The molecule has 244 valence electrons. The summed E-state index contributed by atoms with van der Waals surface area (Å²) in [5.41, 5.74) is 5.58. The Hall–Kier alpha value is -0.700. The van der Waals surface area contributed by atoms with Crippen molar-refractivity contribution < 1.29 is 9.59 Å². The highest BCUT2D eigenvalue weighted by Gasteiger charge is 2.42. The van der Waals surface area contributed by atoms with E-state index in [4.69, 9.17) is 5.73 Å². The third-order valence-corrected chi connectivity index (χ3v) is 9.29. The van der Waals surface area contributed by atoms with Crippen LogP contribution in [0.1, 0.15) is 214 Å². The molecule has 41 heavy (non-hydrogen) atoms. The lowest BCUT2D eigenvalue weighted by atomic mass is 9.72. The van der Waals surface area contributed by atoms with Gasteiger partial charge < -0.3 is 5.73 Å². The Labute approximate surface area is 258 Å². The summed E-state index contributed by atoms with van der Waals surface area (Å²) in [4.78, 5) is 26.3. The van der Waals surface area contributed by atoms with E-state index >= 15 is 0 Å². The molecule has 0 fully saturated rings. The normalized spacial score (nSPS) is 13.9. The van der Waals surface area contributed by atoms with Crippen molar-refractivity contribution in [3.8, 4) is 0 Å². The molecule has 0 aromatic carbocycles. The number of hydrogen-bond acceptors (Lipinski definition) is 3. The van der Waals surface area contributed by atoms with E-state index in [1.807, 2.05) is 6.92 Å². The highest BCUT2D eigenvalue weighted by atomic mass is 16.1. The van der Waals surface area contributed by atoms with Crippen molar-refractivity contribution in [3.63, 3.8) is 0 Å². The number of hydrogen-bond donors (Lipinski definition) is 1. The van der Waals surface area contributed by atoms with E-state index in [0.717, 1.165) is 25.7 Å². The molecular formula is C38H75NO2. The van der Waals surface area contributed by atoms with Crippen molar-refractivity contribution in [3.05, 3.63) is 0 Å². The van der Waals surface area contributed by atoms with Gasteiger partial charge in [0.1, 0.15) is 5.78 Å². The molecule has 0 heterocycles. The molecule has 0 aliphatic rings. The van der Waals surface area contributed by atoms with E-state index in [0.29, 0.717) is 12.8 Å². The van der Waals surface area contributed by atoms with Crippen LogP contribution in [0.25, 0.3) is 0 Å². The fourth-order valence-corrected chi connectivity index (χ4v) is 6.62. The highest BCUT2D eigenvalue weighted by molar-refractivity contribution is 5.95. The van der Waals surface area contributed by atoms with E-state index in [-0.39, 0.29) is 23.4 Å². The van der Waals surface area contributed by atoms with Gasteiger partial charge in [-0.05, 0) is 25.7 Å². The first-order valence-corrected chi connectivity index (χ1v) is 18.6. The summed E-state index contributed by atoms with van der Waals surface area (Å²) >= 11 is 0. The maximum Gasteiger partial charge on any atom is 0.153 e. The fourth-order valence-electron chi connectivity index (χ4n) is 6.62. The minimum absolute atomic E-state index is 0.0815. The summed E-state index contributed by atoms with van der Waals surface area (Å²) < 4.78 is 0. The van der Waals surface area contributed by atoms with E-state index in [1.165, 1.54) is 141 Å². The molecule has 0 aromatic heterocycles. The number of unbranched alkanes of at least 4 members (excludes halogenated alkanes) is 24. The molecule has 0 radical (unpaired) electrons. The van der Waals surface area contributed by atoms with E-state index in [9.17, 15) is 9.59 Å². The lowest BCUT2D eigenvalue weighted by Crippen LogP contribution is -2.56. The van der Waals surface area contributed by atoms with E-state index in [2.05, 4.69) is 27.7 Å². The Balaban J connectivity index is 4.00. The zero-order valence-corrected chi connectivity index (χ0v) is 28.8. The highest BCUT2D eigenvalue weighted by Crippen LogP contribution is 2.29. The molecule has 2 unspecified atom stereocenters.